The van der Waals surface area contributed by atoms with Crippen LogP contribution < -0.4 is 5.32 Å². The number of amides is 2. The summed E-state index contributed by atoms with van der Waals surface area (Å²) in [7, 11) is 1.58. The summed E-state index contributed by atoms with van der Waals surface area (Å²) in [6, 6.07) is 7.14. The highest BCUT2D eigenvalue weighted by Crippen LogP contribution is 2.26. The molecule has 1 atom stereocenters. The van der Waals surface area contributed by atoms with Crippen LogP contribution in [0, 0.1) is 6.92 Å². The van der Waals surface area contributed by atoms with Crippen LogP contribution in [-0.2, 0) is 9.53 Å². The molecule has 8 heteroatoms. The Balaban J connectivity index is 1.93. The van der Waals surface area contributed by atoms with Crippen LogP contribution >= 0.6 is 11.5 Å². The quantitative estimate of drug-likeness (QED) is 0.734. The van der Waals surface area contributed by atoms with E-state index in [1.807, 2.05) is 31.2 Å². The van der Waals surface area contributed by atoms with E-state index in [1.54, 1.807) is 12.5 Å². The second-order valence-electron chi connectivity index (χ2n) is 7.08. The molecule has 0 radical (unpaired) electrons. The Morgan fingerprint density at radius 1 is 1.29 bits per heavy atom. The molecule has 1 aromatic heterocycles. The average molecular weight is 403 g/mol. The second kappa shape index (κ2) is 9.75. The first-order chi connectivity index (χ1) is 13.6. The first-order valence-electron chi connectivity index (χ1n) is 9.54. The smallest absolute Gasteiger partial charge is 0.276 e. The van der Waals surface area contributed by atoms with Gasteiger partial charge in [-0.1, -0.05) is 47.2 Å². The number of hydrogen-bond acceptors (Lipinski definition) is 6. The molecular weight excluding hydrogens is 376 g/mol. The minimum atomic E-state index is -0.745. The molecule has 0 spiro atoms. The number of aromatic nitrogens is 2. The molecule has 1 aliphatic rings. The molecule has 0 unspecified atom stereocenters. The van der Waals surface area contributed by atoms with Gasteiger partial charge in [0, 0.05) is 25.1 Å². The number of hydrogen-bond donors (Lipinski definition) is 1. The number of carbonyl (C=O) groups excluding carboxylic acids is 2. The number of nitrogens with one attached hydrogen (secondary N) is 1. The topological polar surface area (TPSA) is 84.4 Å². The third kappa shape index (κ3) is 4.94. The zero-order valence-electron chi connectivity index (χ0n) is 16.3. The van der Waals surface area contributed by atoms with Crippen molar-refractivity contribution in [2.75, 3.05) is 20.3 Å². The fourth-order valence-electron chi connectivity index (χ4n) is 3.51. The lowest BCUT2D eigenvalue weighted by molar-refractivity contribution is -0.126. The maximum Gasteiger partial charge on any atom is 0.276 e. The fraction of sp³-hybridized carbons (Fsp3) is 0.500. The summed E-state index contributed by atoms with van der Waals surface area (Å²) in [5, 5.41) is 8.65. The number of ether oxygens (including phenoxy) is 1. The zero-order chi connectivity index (χ0) is 19.9. The standard InChI is InChI=1S/C20H26N4O3S/c1-14-7-9-15(10-8-14)18(19(25)21-16-5-3-4-6-16)24(11-12-27-2)20(26)17-13-28-23-22-17/h7-10,13,16,18H,3-6,11-12H2,1-2H3,(H,21,25)/t18-/m1/s1. The van der Waals surface area contributed by atoms with Gasteiger partial charge in [0.05, 0.1) is 6.61 Å². The number of carbonyl (C=O) groups is 2. The lowest BCUT2D eigenvalue weighted by Gasteiger charge is -2.31. The SMILES string of the molecule is COCCN(C(=O)c1csnn1)[C@@H](C(=O)NC1CCCC1)c1ccc(C)cc1. The van der Waals surface area contributed by atoms with E-state index >= 15 is 0 Å². The highest BCUT2D eigenvalue weighted by atomic mass is 32.1. The molecule has 1 aromatic carbocycles. The number of methoxy groups -OCH3 is 1. The van der Waals surface area contributed by atoms with Crippen molar-refractivity contribution in [3.8, 4) is 0 Å². The Labute approximate surface area is 169 Å². The number of nitrogens with zero attached hydrogens (tertiary/aromatic N) is 3. The summed E-state index contributed by atoms with van der Waals surface area (Å²) < 4.78 is 8.99. The molecule has 1 N–H and O–H groups in total. The molecule has 1 aliphatic carbocycles. The fourth-order valence-corrected chi connectivity index (χ4v) is 3.94. The van der Waals surface area contributed by atoms with Gasteiger partial charge in [0.15, 0.2) is 5.69 Å². The van der Waals surface area contributed by atoms with Crippen LogP contribution in [0.5, 0.6) is 0 Å². The van der Waals surface area contributed by atoms with Crippen LogP contribution in [0.25, 0.3) is 0 Å². The molecule has 1 fully saturated rings. The van der Waals surface area contributed by atoms with E-state index in [-0.39, 0.29) is 30.1 Å². The van der Waals surface area contributed by atoms with Gasteiger partial charge >= 0.3 is 0 Å². The molecule has 7 nitrogen and oxygen atoms in total. The highest BCUT2D eigenvalue weighted by Gasteiger charge is 2.34. The van der Waals surface area contributed by atoms with Crippen molar-refractivity contribution < 1.29 is 14.3 Å². The van der Waals surface area contributed by atoms with Gasteiger partial charge in [-0.05, 0) is 36.9 Å². The van der Waals surface area contributed by atoms with Crippen molar-refractivity contribution in [1.82, 2.24) is 19.8 Å². The molecular formula is C20H26N4O3S. The van der Waals surface area contributed by atoms with Crippen molar-refractivity contribution in [2.45, 2.75) is 44.7 Å². The monoisotopic (exact) mass is 402 g/mol. The molecule has 150 valence electrons. The van der Waals surface area contributed by atoms with Gasteiger partial charge in [-0.25, -0.2) is 0 Å². The number of rotatable bonds is 8. The Bertz CT molecular complexity index is 773. The molecule has 0 aliphatic heterocycles. The minimum Gasteiger partial charge on any atom is -0.383 e. The largest absolute Gasteiger partial charge is 0.383 e. The van der Waals surface area contributed by atoms with Crippen LogP contribution in [0.1, 0.15) is 53.3 Å². The lowest BCUT2D eigenvalue weighted by Crippen LogP contribution is -2.47. The Morgan fingerprint density at radius 2 is 2.00 bits per heavy atom. The van der Waals surface area contributed by atoms with Crippen LogP contribution in [0.2, 0.25) is 0 Å². The molecule has 0 bridgehead atoms. The van der Waals surface area contributed by atoms with Crippen LogP contribution in [0.15, 0.2) is 29.6 Å². The average Bonchev–Trinajstić information content (AvgIpc) is 3.39. The van der Waals surface area contributed by atoms with E-state index in [2.05, 4.69) is 14.9 Å². The summed E-state index contributed by atoms with van der Waals surface area (Å²) in [6.07, 6.45) is 4.21. The summed E-state index contributed by atoms with van der Waals surface area (Å²) >= 11 is 1.11. The van der Waals surface area contributed by atoms with Gasteiger partial charge in [-0.2, -0.15) is 0 Å². The van der Waals surface area contributed by atoms with Gasteiger partial charge in [0.25, 0.3) is 5.91 Å². The van der Waals surface area contributed by atoms with Crippen molar-refractivity contribution in [3.63, 3.8) is 0 Å². The Morgan fingerprint density at radius 3 is 2.61 bits per heavy atom. The first-order valence-corrected chi connectivity index (χ1v) is 10.4. The van der Waals surface area contributed by atoms with Crippen LogP contribution in [0.3, 0.4) is 0 Å². The van der Waals surface area contributed by atoms with E-state index in [4.69, 9.17) is 4.74 Å². The van der Waals surface area contributed by atoms with Gasteiger partial charge in [0.1, 0.15) is 6.04 Å². The molecule has 2 amide bonds. The number of aryl methyl sites for hydroxylation is 1. The van der Waals surface area contributed by atoms with Gasteiger partial charge < -0.3 is 15.0 Å². The van der Waals surface area contributed by atoms with Gasteiger partial charge in [-0.15, -0.1) is 5.10 Å². The highest BCUT2D eigenvalue weighted by molar-refractivity contribution is 7.03. The summed E-state index contributed by atoms with van der Waals surface area (Å²) in [6.45, 7) is 2.60. The lowest BCUT2D eigenvalue weighted by atomic mass is 10.0. The van der Waals surface area contributed by atoms with E-state index in [1.165, 1.54) is 4.90 Å². The van der Waals surface area contributed by atoms with Crippen molar-refractivity contribution in [1.29, 1.82) is 0 Å². The maximum atomic E-state index is 13.3. The van der Waals surface area contributed by atoms with Crippen LogP contribution in [-0.4, -0.2) is 52.6 Å². The molecule has 0 saturated heterocycles. The molecule has 1 saturated carbocycles. The minimum absolute atomic E-state index is 0.164. The van der Waals surface area contributed by atoms with Gasteiger partial charge in [0.2, 0.25) is 5.91 Å². The van der Waals surface area contributed by atoms with E-state index < -0.39 is 6.04 Å². The number of benzene rings is 1. The van der Waals surface area contributed by atoms with Crippen LogP contribution in [0.4, 0.5) is 0 Å². The zero-order valence-corrected chi connectivity index (χ0v) is 17.1. The third-order valence-electron chi connectivity index (χ3n) is 5.03. The Kier molecular flexibility index (Phi) is 7.11. The van der Waals surface area contributed by atoms with Gasteiger partial charge in [-0.3, -0.25) is 9.59 Å². The van der Waals surface area contributed by atoms with E-state index in [9.17, 15) is 9.59 Å². The molecule has 1 heterocycles. The normalized spacial score (nSPS) is 15.4. The maximum absolute atomic E-state index is 13.3. The third-order valence-corrected chi connectivity index (χ3v) is 5.54. The second-order valence-corrected chi connectivity index (χ2v) is 7.69. The molecule has 2 aromatic rings. The van der Waals surface area contributed by atoms with Crippen molar-refractivity contribution in [3.05, 3.63) is 46.5 Å². The molecule has 28 heavy (non-hydrogen) atoms. The van der Waals surface area contributed by atoms with Crippen molar-refractivity contribution >= 4 is 23.3 Å². The molecule has 3 rings (SSSR count). The summed E-state index contributed by atoms with van der Waals surface area (Å²) in [5.41, 5.74) is 2.11. The van der Waals surface area contributed by atoms with E-state index in [0.29, 0.717) is 6.61 Å². The summed E-state index contributed by atoms with van der Waals surface area (Å²) in [4.78, 5) is 28.0. The predicted octanol–water partition coefficient (Wildman–Crippen LogP) is 2.74. The first kappa shape index (κ1) is 20.4. The van der Waals surface area contributed by atoms with E-state index in [0.717, 1.165) is 48.3 Å². The van der Waals surface area contributed by atoms with Crippen molar-refractivity contribution in [2.24, 2.45) is 0 Å². The predicted molar refractivity (Wildman–Crippen MR) is 107 cm³/mol. The Hall–Kier alpha value is -2.32. The summed E-state index contributed by atoms with van der Waals surface area (Å²) in [5.74, 6) is -0.485.